The van der Waals surface area contributed by atoms with Crippen LogP contribution in [0.15, 0.2) is 0 Å². The van der Waals surface area contributed by atoms with Crippen LogP contribution in [0.3, 0.4) is 0 Å². The number of carbonyl (C=O) groups excluding carboxylic acids is 2. The van der Waals surface area contributed by atoms with Crippen molar-refractivity contribution in [2.75, 3.05) is 13.2 Å². The van der Waals surface area contributed by atoms with E-state index in [2.05, 4.69) is 13.8 Å². The third-order valence-electron chi connectivity index (χ3n) is 5.50. The summed E-state index contributed by atoms with van der Waals surface area (Å²) in [5.41, 5.74) is 0. The number of fused-ring (bicyclic) bond motifs is 1. The molecular weight excluding hydrogens is 360 g/mol. The zero-order valence-electron chi connectivity index (χ0n) is 17.7. The van der Waals surface area contributed by atoms with Crippen molar-refractivity contribution in [1.29, 1.82) is 0 Å². The second-order valence-corrected chi connectivity index (χ2v) is 7.98. The summed E-state index contributed by atoms with van der Waals surface area (Å²) in [5, 5.41) is 0. The van der Waals surface area contributed by atoms with E-state index in [1.807, 2.05) is 0 Å². The fourth-order valence-electron chi connectivity index (χ4n) is 3.83. The number of ether oxygens (including phenoxy) is 4. The summed E-state index contributed by atoms with van der Waals surface area (Å²) in [6, 6.07) is 0. The zero-order chi connectivity index (χ0) is 20.2. The number of hydrogen-bond acceptors (Lipinski definition) is 6. The quantitative estimate of drug-likeness (QED) is 0.320. The van der Waals surface area contributed by atoms with Gasteiger partial charge in [0.2, 0.25) is 0 Å². The lowest BCUT2D eigenvalue weighted by Gasteiger charge is -2.17. The largest absolute Gasteiger partial charge is 0.457 e. The molecule has 6 nitrogen and oxygen atoms in total. The average molecular weight is 399 g/mol. The highest BCUT2D eigenvalue weighted by atomic mass is 16.7. The molecule has 6 heteroatoms. The number of esters is 2. The van der Waals surface area contributed by atoms with Crippen molar-refractivity contribution in [3.05, 3.63) is 0 Å². The van der Waals surface area contributed by atoms with E-state index in [4.69, 9.17) is 18.9 Å². The van der Waals surface area contributed by atoms with E-state index in [9.17, 15) is 9.59 Å². The van der Waals surface area contributed by atoms with Gasteiger partial charge in [-0.2, -0.15) is 0 Å². The summed E-state index contributed by atoms with van der Waals surface area (Å²) in [6.07, 6.45) is 10.4. The third-order valence-corrected chi connectivity index (χ3v) is 5.50. The van der Waals surface area contributed by atoms with Crippen LogP contribution in [0.4, 0.5) is 0 Å². The number of rotatable bonds is 14. The Balaban J connectivity index is 1.63. The van der Waals surface area contributed by atoms with Crippen molar-refractivity contribution in [1.82, 2.24) is 0 Å². The summed E-state index contributed by atoms with van der Waals surface area (Å²) in [6.45, 7) is 4.96. The Bertz CT molecular complexity index is 424. The topological polar surface area (TPSA) is 71.1 Å². The molecule has 0 aromatic rings. The SMILES string of the molecule is CCCCCCCC(=O)OC1COC2C(OC(=O)CCCCCCC)COC12. The van der Waals surface area contributed by atoms with E-state index in [1.54, 1.807) is 0 Å². The second-order valence-electron chi connectivity index (χ2n) is 7.98. The van der Waals surface area contributed by atoms with E-state index in [-0.39, 0.29) is 24.1 Å². The van der Waals surface area contributed by atoms with Crippen LogP contribution < -0.4 is 0 Å². The van der Waals surface area contributed by atoms with Crippen molar-refractivity contribution >= 4 is 11.9 Å². The van der Waals surface area contributed by atoms with Gasteiger partial charge in [-0.1, -0.05) is 65.2 Å². The minimum Gasteiger partial charge on any atom is -0.457 e. The van der Waals surface area contributed by atoms with Gasteiger partial charge in [-0.3, -0.25) is 9.59 Å². The predicted molar refractivity (Wildman–Crippen MR) is 106 cm³/mol. The molecule has 2 aliphatic rings. The molecule has 162 valence electrons. The molecular formula is C22H38O6. The second kappa shape index (κ2) is 13.2. The van der Waals surface area contributed by atoms with Gasteiger partial charge in [-0.25, -0.2) is 0 Å². The highest BCUT2D eigenvalue weighted by Crippen LogP contribution is 2.31. The monoisotopic (exact) mass is 398 g/mol. The number of carbonyl (C=O) groups is 2. The lowest BCUT2D eigenvalue weighted by molar-refractivity contribution is -0.155. The molecule has 0 amide bonds. The summed E-state index contributed by atoms with van der Waals surface area (Å²) in [4.78, 5) is 24.1. The van der Waals surface area contributed by atoms with Crippen LogP contribution >= 0.6 is 0 Å². The molecule has 2 saturated heterocycles. The fraction of sp³-hybridized carbons (Fsp3) is 0.909. The van der Waals surface area contributed by atoms with Gasteiger partial charge in [0.1, 0.15) is 12.2 Å². The molecule has 28 heavy (non-hydrogen) atoms. The smallest absolute Gasteiger partial charge is 0.306 e. The van der Waals surface area contributed by atoms with E-state index in [0.29, 0.717) is 26.1 Å². The summed E-state index contributed by atoms with van der Waals surface area (Å²) in [5.74, 6) is -0.385. The summed E-state index contributed by atoms with van der Waals surface area (Å²) < 4.78 is 22.6. The molecule has 0 radical (unpaired) electrons. The Morgan fingerprint density at radius 3 is 1.46 bits per heavy atom. The molecule has 2 aliphatic heterocycles. The van der Waals surface area contributed by atoms with Gasteiger partial charge >= 0.3 is 11.9 Å². The van der Waals surface area contributed by atoms with Crippen LogP contribution in [0.1, 0.15) is 90.9 Å². The lowest BCUT2D eigenvalue weighted by atomic mass is 10.1. The Hall–Kier alpha value is -1.14. The zero-order valence-corrected chi connectivity index (χ0v) is 17.7. The molecule has 2 heterocycles. The molecule has 0 saturated carbocycles. The summed E-state index contributed by atoms with van der Waals surface area (Å²) >= 11 is 0. The van der Waals surface area contributed by atoms with Crippen molar-refractivity contribution < 1.29 is 28.5 Å². The summed E-state index contributed by atoms with van der Waals surface area (Å²) in [7, 11) is 0. The first-order valence-electron chi connectivity index (χ1n) is 11.3. The van der Waals surface area contributed by atoms with Crippen LogP contribution in [-0.4, -0.2) is 49.6 Å². The van der Waals surface area contributed by atoms with Crippen molar-refractivity contribution in [3.8, 4) is 0 Å². The third kappa shape index (κ3) is 7.70. The van der Waals surface area contributed by atoms with E-state index < -0.39 is 12.2 Å². The number of hydrogen-bond donors (Lipinski definition) is 0. The molecule has 0 aromatic carbocycles. The average Bonchev–Trinajstić information content (AvgIpc) is 3.25. The minimum atomic E-state index is -0.397. The highest BCUT2D eigenvalue weighted by Gasteiger charge is 2.51. The van der Waals surface area contributed by atoms with Gasteiger partial charge in [-0.05, 0) is 12.8 Å². The molecule has 2 rings (SSSR count). The first-order chi connectivity index (χ1) is 13.7. The Labute approximate surface area is 169 Å². The molecule has 2 fully saturated rings. The van der Waals surface area contributed by atoms with Crippen molar-refractivity contribution in [2.24, 2.45) is 0 Å². The molecule has 0 aliphatic carbocycles. The van der Waals surface area contributed by atoms with Gasteiger partial charge in [0.15, 0.2) is 12.2 Å². The van der Waals surface area contributed by atoms with Crippen LogP contribution in [0.5, 0.6) is 0 Å². The molecule has 0 bridgehead atoms. The molecule has 4 atom stereocenters. The van der Waals surface area contributed by atoms with Gasteiger partial charge in [0, 0.05) is 12.8 Å². The van der Waals surface area contributed by atoms with Gasteiger partial charge in [0.05, 0.1) is 13.2 Å². The van der Waals surface area contributed by atoms with E-state index >= 15 is 0 Å². The lowest BCUT2D eigenvalue weighted by Crippen LogP contribution is -2.35. The van der Waals surface area contributed by atoms with Crippen LogP contribution in [0.2, 0.25) is 0 Å². The normalized spacial score (nSPS) is 26.2. The number of unbranched alkanes of at least 4 members (excludes halogenated alkanes) is 8. The van der Waals surface area contributed by atoms with Crippen molar-refractivity contribution in [2.45, 2.75) is 115 Å². The van der Waals surface area contributed by atoms with Gasteiger partial charge in [-0.15, -0.1) is 0 Å². The maximum absolute atomic E-state index is 12.1. The molecule has 0 spiro atoms. The Kier molecular flexibility index (Phi) is 10.9. The fourth-order valence-corrected chi connectivity index (χ4v) is 3.83. The van der Waals surface area contributed by atoms with E-state index in [0.717, 1.165) is 38.5 Å². The van der Waals surface area contributed by atoms with Gasteiger partial charge < -0.3 is 18.9 Å². The van der Waals surface area contributed by atoms with Crippen molar-refractivity contribution in [3.63, 3.8) is 0 Å². The highest BCUT2D eigenvalue weighted by molar-refractivity contribution is 5.70. The van der Waals surface area contributed by atoms with Crippen LogP contribution in [0.25, 0.3) is 0 Å². The predicted octanol–water partition coefficient (Wildman–Crippen LogP) is 4.33. The van der Waals surface area contributed by atoms with E-state index in [1.165, 1.54) is 25.7 Å². The molecule has 4 unspecified atom stereocenters. The maximum Gasteiger partial charge on any atom is 0.306 e. The first kappa shape index (κ1) is 23.1. The maximum atomic E-state index is 12.1. The minimum absolute atomic E-state index is 0.193. The molecule has 0 N–H and O–H groups in total. The van der Waals surface area contributed by atoms with Crippen LogP contribution in [-0.2, 0) is 28.5 Å². The van der Waals surface area contributed by atoms with Gasteiger partial charge in [0.25, 0.3) is 0 Å². The molecule has 0 aromatic heterocycles. The standard InChI is InChI=1S/C22H38O6/c1-3-5-7-9-11-13-19(23)27-17-15-25-22-18(16-26-21(17)22)28-20(24)14-12-10-8-6-4-2/h17-18,21-22H,3-16H2,1-2H3. The van der Waals surface area contributed by atoms with Crippen LogP contribution in [0, 0.1) is 0 Å². The first-order valence-corrected chi connectivity index (χ1v) is 11.3. The Morgan fingerprint density at radius 1 is 0.679 bits per heavy atom. The Morgan fingerprint density at radius 2 is 1.07 bits per heavy atom.